The summed E-state index contributed by atoms with van der Waals surface area (Å²) in [6, 6.07) is 0. The molecule has 2 fully saturated rings. The fourth-order valence-electron chi connectivity index (χ4n) is 6.14. The lowest BCUT2D eigenvalue weighted by molar-refractivity contribution is -0.276. The molecule has 0 radical (unpaired) electrons. The summed E-state index contributed by atoms with van der Waals surface area (Å²) < 4.78 is 19.6. The van der Waals surface area contributed by atoms with Crippen LogP contribution in [0.5, 0.6) is 0 Å². The van der Waals surface area contributed by atoms with E-state index in [0.717, 1.165) is 31.4 Å². The lowest BCUT2D eigenvalue weighted by atomic mass is 9.49. The molecule has 2 aromatic rings. The molecule has 0 aromatic carbocycles. The van der Waals surface area contributed by atoms with Crippen molar-refractivity contribution in [1.82, 2.24) is 19.9 Å². The van der Waals surface area contributed by atoms with E-state index in [1.54, 1.807) is 0 Å². The lowest BCUT2D eigenvalue weighted by Crippen LogP contribution is -2.61. The molecule has 2 atom stereocenters. The van der Waals surface area contributed by atoms with E-state index < -0.39 is 5.79 Å². The van der Waals surface area contributed by atoms with Crippen LogP contribution < -0.4 is 0 Å². The van der Waals surface area contributed by atoms with Crippen LogP contribution in [0.2, 0.25) is 0 Å². The highest BCUT2D eigenvalue weighted by molar-refractivity contribution is 5.59. The van der Waals surface area contributed by atoms with E-state index in [2.05, 4.69) is 30.9 Å². The SMILES string of the molecule is Cc1nc(-c2c3c(nn2C)C2(C)CCC4(OCCO4)C(C)(C)C2CC3)no1.[HH]. The topological polar surface area (TPSA) is 75.2 Å². The number of rotatable bonds is 1. The van der Waals surface area contributed by atoms with Crippen LogP contribution in [0.4, 0.5) is 0 Å². The first-order chi connectivity index (χ1) is 12.8. The molecule has 7 heteroatoms. The molecule has 2 unspecified atom stereocenters. The van der Waals surface area contributed by atoms with Crippen molar-refractivity contribution in [2.75, 3.05) is 13.2 Å². The van der Waals surface area contributed by atoms with E-state index >= 15 is 0 Å². The van der Waals surface area contributed by atoms with Crippen LogP contribution in [-0.4, -0.2) is 38.9 Å². The van der Waals surface area contributed by atoms with Gasteiger partial charge in [0.15, 0.2) is 5.79 Å². The minimum absolute atomic E-state index is 0. The summed E-state index contributed by atoms with van der Waals surface area (Å²) in [7, 11) is 1.98. The summed E-state index contributed by atoms with van der Waals surface area (Å²) in [4.78, 5) is 4.46. The molecule has 1 spiro atoms. The number of hydrogen-bond donors (Lipinski definition) is 0. The van der Waals surface area contributed by atoms with Crippen molar-refractivity contribution in [2.45, 2.75) is 64.6 Å². The van der Waals surface area contributed by atoms with Crippen molar-refractivity contribution in [2.24, 2.45) is 18.4 Å². The summed E-state index contributed by atoms with van der Waals surface area (Å²) in [5, 5.41) is 9.14. The van der Waals surface area contributed by atoms with E-state index in [-0.39, 0.29) is 12.3 Å². The maximum absolute atomic E-state index is 6.20. The zero-order valence-corrected chi connectivity index (χ0v) is 16.8. The van der Waals surface area contributed by atoms with Gasteiger partial charge in [-0.25, -0.2) is 0 Å². The van der Waals surface area contributed by atoms with Crippen molar-refractivity contribution in [1.29, 1.82) is 0 Å². The van der Waals surface area contributed by atoms with Crippen LogP contribution in [0.15, 0.2) is 4.52 Å². The van der Waals surface area contributed by atoms with Gasteiger partial charge in [0.05, 0.1) is 18.9 Å². The molecule has 3 heterocycles. The second-order valence-electron chi connectivity index (χ2n) is 9.12. The van der Waals surface area contributed by atoms with Gasteiger partial charge in [0, 0.05) is 38.2 Å². The largest absolute Gasteiger partial charge is 0.347 e. The first-order valence-electron chi connectivity index (χ1n) is 9.93. The standard InChI is InChI=1S/C20H28N4O3.H2/c1-12-21-17(23-27-12)15-13-6-7-14-18(2,3)20(25-10-11-26-20)9-8-19(14,4)16(13)22-24(15)5;/h14H,6-11H2,1-5H3;1H. The maximum Gasteiger partial charge on any atom is 0.223 e. The molecule has 1 saturated carbocycles. The molecule has 0 N–H and O–H groups in total. The minimum Gasteiger partial charge on any atom is -0.347 e. The highest BCUT2D eigenvalue weighted by atomic mass is 16.7. The molecule has 148 valence electrons. The van der Waals surface area contributed by atoms with Gasteiger partial charge in [-0.2, -0.15) is 10.1 Å². The van der Waals surface area contributed by atoms with Gasteiger partial charge < -0.3 is 14.0 Å². The van der Waals surface area contributed by atoms with Gasteiger partial charge in [0.25, 0.3) is 0 Å². The molecule has 0 bridgehead atoms. The predicted molar refractivity (Wildman–Crippen MR) is 100 cm³/mol. The zero-order chi connectivity index (χ0) is 19.0. The quantitative estimate of drug-likeness (QED) is 0.761. The van der Waals surface area contributed by atoms with Crippen LogP contribution in [0.1, 0.15) is 58.6 Å². The lowest BCUT2D eigenvalue weighted by Gasteiger charge is -2.59. The zero-order valence-electron chi connectivity index (χ0n) is 16.8. The van der Waals surface area contributed by atoms with E-state index in [1.807, 2.05) is 18.7 Å². The molecular weight excluding hydrogens is 344 g/mol. The van der Waals surface area contributed by atoms with Crippen LogP contribution >= 0.6 is 0 Å². The van der Waals surface area contributed by atoms with Crippen molar-refractivity contribution in [3.05, 3.63) is 17.1 Å². The first-order valence-corrected chi connectivity index (χ1v) is 9.93. The average molecular weight is 374 g/mol. The number of nitrogens with zero attached hydrogens (tertiary/aromatic N) is 4. The van der Waals surface area contributed by atoms with E-state index in [1.165, 1.54) is 11.3 Å². The molecule has 7 nitrogen and oxygen atoms in total. The Hall–Kier alpha value is -1.73. The van der Waals surface area contributed by atoms with Crippen LogP contribution in [-0.2, 0) is 28.4 Å². The summed E-state index contributed by atoms with van der Waals surface area (Å²) >= 11 is 0. The van der Waals surface area contributed by atoms with E-state index in [9.17, 15) is 0 Å². The highest BCUT2D eigenvalue weighted by Crippen LogP contribution is 2.62. The third-order valence-corrected chi connectivity index (χ3v) is 7.46. The summed E-state index contributed by atoms with van der Waals surface area (Å²) in [5.41, 5.74) is 3.38. The molecule has 0 amide bonds. The first kappa shape index (κ1) is 17.4. The van der Waals surface area contributed by atoms with Gasteiger partial charge in [0.1, 0.15) is 5.69 Å². The fourth-order valence-corrected chi connectivity index (χ4v) is 6.14. The molecule has 1 saturated heterocycles. The predicted octanol–water partition coefficient (Wildman–Crippen LogP) is 3.41. The highest BCUT2D eigenvalue weighted by Gasteiger charge is 2.64. The monoisotopic (exact) mass is 374 g/mol. The Kier molecular flexibility index (Phi) is 3.48. The van der Waals surface area contributed by atoms with Crippen LogP contribution in [0, 0.1) is 18.3 Å². The smallest absolute Gasteiger partial charge is 0.223 e. The molecule has 2 aromatic heterocycles. The average Bonchev–Trinajstić information content (AvgIpc) is 3.31. The van der Waals surface area contributed by atoms with Crippen LogP contribution in [0.25, 0.3) is 11.5 Å². The minimum atomic E-state index is -0.447. The number of aromatic nitrogens is 4. The number of ether oxygens (including phenoxy) is 2. The van der Waals surface area contributed by atoms with Gasteiger partial charge in [-0.15, -0.1) is 0 Å². The summed E-state index contributed by atoms with van der Waals surface area (Å²) in [5.74, 6) is 1.21. The molecule has 3 aliphatic rings. The van der Waals surface area contributed by atoms with E-state index in [4.69, 9.17) is 19.1 Å². The van der Waals surface area contributed by atoms with Gasteiger partial charge >= 0.3 is 0 Å². The van der Waals surface area contributed by atoms with Crippen molar-refractivity contribution in [3.8, 4) is 11.5 Å². The van der Waals surface area contributed by atoms with Gasteiger partial charge in [0.2, 0.25) is 11.7 Å². The fraction of sp³-hybridized carbons (Fsp3) is 0.750. The molecular formula is C20H30N4O3. The Morgan fingerprint density at radius 3 is 2.56 bits per heavy atom. The second-order valence-corrected chi connectivity index (χ2v) is 9.12. The Labute approximate surface area is 160 Å². The number of fused-ring (bicyclic) bond motifs is 3. The Balaban J connectivity index is 0.00000192. The Morgan fingerprint density at radius 1 is 1.15 bits per heavy atom. The summed E-state index contributed by atoms with van der Waals surface area (Å²) in [6.45, 7) is 10.2. The van der Waals surface area contributed by atoms with Gasteiger partial charge in [-0.1, -0.05) is 25.9 Å². The molecule has 27 heavy (non-hydrogen) atoms. The van der Waals surface area contributed by atoms with Gasteiger partial charge in [-0.3, -0.25) is 4.68 Å². The van der Waals surface area contributed by atoms with Crippen LogP contribution in [0.3, 0.4) is 0 Å². The van der Waals surface area contributed by atoms with Crippen molar-refractivity contribution < 1.29 is 15.4 Å². The molecule has 1 aliphatic heterocycles. The Morgan fingerprint density at radius 2 is 1.89 bits per heavy atom. The third-order valence-electron chi connectivity index (χ3n) is 7.46. The molecule has 2 aliphatic carbocycles. The number of aryl methyl sites for hydroxylation is 2. The third kappa shape index (κ3) is 2.12. The Bertz CT molecular complexity index is 899. The maximum atomic E-state index is 6.20. The van der Waals surface area contributed by atoms with Crippen molar-refractivity contribution in [3.63, 3.8) is 0 Å². The number of hydrogen-bond acceptors (Lipinski definition) is 6. The van der Waals surface area contributed by atoms with E-state index in [0.29, 0.717) is 30.8 Å². The van der Waals surface area contributed by atoms with Crippen molar-refractivity contribution >= 4 is 0 Å². The molecule has 5 rings (SSSR count). The van der Waals surface area contributed by atoms with Gasteiger partial charge in [-0.05, 0) is 25.2 Å². The normalized spacial score (nSPS) is 31.1. The summed E-state index contributed by atoms with van der Waals surface area (Å²) in [6.07, 6.45) is 3.96. The second kappa shape index (κ2) is 5.41.